The van der Waals surface area contributed by atoms with Crippen LogP contribution in [0.3, 0.4) is 0 Å². The van der Waals surface area contributed by atoms with E-state index in [1.165, 1.54) is 0 Å². The Morgan fingerprint density at radius 1 is 1.40 bits per heavy atom. The zero-order chi connectivity index (χ0) is 13.9. The lowest BCUT2D eigenvalue weighted by molar-refractivity contribution is 0.183. The zero-order valence-electron chi connectivity index (χ0n) is 11.9. The van der Waals surface area contributed by atoms with Gasteiger partial charge in [0.1, 0.15) is 5.82 Å². The highest BCUT2D eigenvalue weighted by atomic mass is 16.5. The number of aryl methyl sites for hydroxylation is 1. The van der Waals surface area contributed by atoms with Gasteiger partial charge >= 0.3 is 0 Å². The fourth-order valence-electron chi connectivity index (χ4n) is 2.61. The summed E-state index contributed by atoms with van der Waals surface area (Å²) in [5.41, 5.74) is 1.04. The fourth-order valence-corrected chi connectivity index (χ4v) is 2.61. The third-order valence-corrected chi connectivity index (χ3v) is 3.90. The third-order valence-electron chi connectivity index (χ3n) is 3.90. The molecule has 5 nitrogen and oxygen atoms in total. The van der Waals surface area contributed by atoms with Crippen molar-refractivity contribution in [3.05, 3.63) is 36.5 Å². The van der Waals surface area contributed by atoms with Crippen molar-refractivity contribution in [3.8, 4) is 5.82 Å². The molecule has 0 aromatic carbocycles. The third kappa shape index (κ3) is 2.54. The van der Waals surface area contributed by atoms with E-state index in [1.807, 2.05) is 30.0 Å². The second-order valence-electron chi connectivity index (χ2n) is 5.28. The normalized spacial score (nSPS) is 20.0. The minimum absolute atomic E-state index is 0.365. The van der Waals surface area contributed by atoms with E-state index in [9.17, 15) is 0 Å². The van der Waals surface area contributed by atoms with E-state index >= 15 is 0 Å². The summed E-state index contributed by atoms with van der Waals surface area (Å²) < 4.78 is 7.47. The molecule has 1 fully saturated rings. The van der Waals surface area contributed by atoms with Crippen LogP contribution in [-0.4, -0.2) is 33.8 Å². The van der Waals surface area contributed by atoms with Gasteiger partial charge in [-0.3, -0.25) is 4.57 Å². The summed E-state index contributed by atoms with van der Waals surface area (Å²) in [7, 11) is 0. The standard InChI is InChI=1S/C15H20N4O/c1-11(13-5-9-20-10-13)18-14-4-3-6-17-15(14)19-8-7-16-12(19)2/h3-4,6-8,11,13,18H,5,9-10H2,1-2H3. The minimum atomic E-state index is 0.365. The van der Waals surface area contributed by atoms with Crippen LogP contribution in [0.4, 0.5) is 5.69 Å². The lowest BCUT2D eigenvalue weighted by atomic mass is 10.0. The van der Waals surface area contributed by atoms with Crippen LogP contribution in [0.5, 0.6) is 0 Å². The summed E-state index contributed by atoms with van der Waals surface area (Å²) in [4.78, 5) is 8.76. The van der Waals surface area contributed by atoms with Crippen molar-refractivity contribution in [2.75, 3.05) is 18.5 Å². The Morgan fingerprint density at radius 3 is 3.00 bits per heavy atom. The SMILES string of the molecule is Cc1nccn1-c1ncccc1NC(C)C1CCOC1. The van der Waals surface area contributed by atoms with Gasteiger partial charge in [0.05, 0.1) is 12.3 Å². The first-order valence-electron chi connectivity index (χ1n) is 7.05. The second-order valence-corrected chi connectivity index (χ2v) is 5.28. The maximum Gasteiger partial charge on any atom is 0.161 e. The molecule has 2 unspecified atom stereocenters. The molecule has 106 valence electrons. The first-order chi connectivity index (χ1) is 9.75. The Labute approximate surface area is 119 Å². The van der Waals surface area contributed by atoms with Crippen molar-refractivity contribution in [3.63, 3.8) is 0 Å². The summed E-state index contributed by atoms with van der Waals surface area (Å²) in [5.74, 6) is 2.39. The number of imidazole rings is 1. The van der Waals surface area contributed by atoms with Gasteiger partial charge in [0.2, 0.25) is 0 Å². The van der Waals surface area contributed by atoms with E-state index in [4.69, 9.17) is 4.74 Å². The predicted octanol–water partition coefficient (Wildman–Crippen LogP) is 2.41. The molecule has 0 bridgehead atoms. The first-order valence-corrected chi connectivity index (χ1v) is 7.05. The molecule has 0 amide bonds. The van der Waals surface area contributed by atoms with Crippen LogP contribution in [-0.2, 0) is 4.74 Å². The predicted molar refractivity (Wildman–Crippen MR) is 78.1 cm³/mol. The summed E-state index contributed by atoms with van der Waals surface area (Å²) in [6.07, 6.45) is 6.66. The molecule has 0 radical (unpaired) electrons. The van der Waals surface area contributed by atoms with Crippen molar-refractivity contribution in [2.45, 2.75) is 26.3 Å². The van der Waals surface area contributed by atoms with E-state index in [-0.39, 0.29) is 0 Å². The Balaban J connectivity index is 1.84. The number of aromatic nitrogens is 3. The molecule has 5 heteroatoms. The van der Waals surface area contributed by atoms with Crippen LogP contribution >= 0.6 is 0 Å². The van der Waals surface area contributed by atoms with Gasteiger partial charge in [-0.15, -0.1) is 0 Å². The van der Waals surface area contributed by atoms with Gasteiger partial charge in [0.15, 0.2) is 5.82 Å². The van der Waals surface area contributed by atoms with Crippen LogP contribution in [0.15, 0.2) is 30.7 Å². The van der Waals surface area contributed by atoms with E-state index in [1.54, 1.807) is 6.20 Å². The van der Waals surface area contributed by atoms with E-state index < -0.39 is 0 Å². The van der Waals surface area contributed by atoms with Crippen molar-refractivity contribution in [1.29, 1.82) is 0 Å². The zero-order valence-corrected chi connectivity index (χ0v) is 11.9. The Bertz CT molecular complexity index is 575. The molecule has 1 aliphatic rings. The van der Waals surface area contributed by atoms with Crippen LogP contribution in [0.2, 0.25) is 0 Å². The van der Waals surface area contributed by atoms with Gasteiger partial charge < -0.3 is 10.1 Å². The number of nitrogens with zero attached hydrogens (tertiary/aromatic N) is 3. The van der Waals surface area contributed by atoms with Gasteiger partial charge in [-0.1, -0.05) is 0 Å². The summed E-state index contributed by atoms with van der Waals surface area (Å²) in [6, 6.07) is 4.38. The lowest BCUT2D eigenvalue weighted by Crippen LogP contribution is -2.27. The molecule has 2 aromatic heterocycles. The quantitative estimate of drug-likeness (QED) is 0.928. The molecule has 1 N–H and O–H groups in total. The van der Waals surface area contributed by atoms with Gasteiger partial charge in [0.25, 0.3) is 0 Å². The number of anilines is 1. The molecule has 1 aliphatic heterocycles. The van der Waals surface area contributed by atoms with Gasteiger partial charge in [-0.2, -0.15) is 0 Å². The number of nitrogens with one attached hydrogen (secondary N) is 1. The molecule has 2 aromatic rings. The highest BCUT2D eigenvalue weighted by molar-refractivity contribution is 5.57. The molecule has 3 heterocycles. The summed E-state index contributed by atoms with van der Waals surface area (Å²) in [5, 5.41) is 3.58. The van der Waals surface area contributed by atoms with Crippen molar-refractivity contribution in [1.82, 2.24) is 14.5 Å². The van der Waals surface area contributed by atoms with Crippen molar-refractivity contribution >= 4 is 5.69 Å². The Hall–Kier alpha value is -1.88. The van der Waals surface area contributed by atoms with Crippen LogP contribution in [0.1, 0.15) is 19.2 Å². The molecular formula is C15H20N4O. The molecule has 3 rings (SSSR count). The van der Waals surface area contributed by atoms with Crippen LogP contribution in [0.25, 0.3) is 5.82 Å². The summed E-state index contributed by atoms with van der Waals surface area (Å²) >= 11 is 0. The monoisotopic (exact) mass is 272 g/mol. The van der Waals surface area contributed by atoms with E-state index in [0.29, 0.717) is 12.0 Å². The van der Waals surface area contributed by atoms with E-state index in [0.717, 1.165) is 37.0 Å². The number of hydrogen-bond donors (Lipinski definition) is 1. The van der Waals surface area contributed by atoms with Crippen molar-refractivity contribution < 1.29 is 4.74 Å². The fraction of sp³-hybridized carbons (Fsp3) is 0.467. The van der Waals surface area contributed by atoms with Crippen molar-refractivity contribution in [2.24, 2.45) is 5.92 Å². The number of hydrogen-bond acceptors (Lipinski definition) is 4. The second kappa shape index (κ2) is 5.63. The van der Waals surface area contributed by atoms with Crippen LogP contribution < -0.4 is 5.32 Å². The molecule has 2 atom stereocenters. The molecule has 0 spiro atoms. The molecular weight excluding hydrogens is 252 g/mol. The average Bonchev–Trinajstić information content (AvgIpc) is 3.10. The topological polar surface area (TPSA) is 52.0 Å². The molecule has 0 saturated carbocycles. The smallest absolute Gasteiger partial charge is 0.161 e. The largest absolute Gasteiger partial charge is 0.381 e. The first kappa shape index (κ1) is 13.1. The highest BCUT2D eigenvalue weighted by Crippen LogP contribution is 2.24. The minimum Gasteiger partial charge on any atom is -0.381 e. The lowest BCUT2D eigenvalue weighted by Gasteiger charge is -2.22. The Morgan fingerprint density at radius 2 is 2.30 bits per heavy atom. The molecule has 1 saturated heterocycles. The molecule has 20 heavy (non-hydrogen) atoms. The van der Waals surface area contributed by atoms with Gasteiger partial charge in [-0.25, -0.2) is 9.97 Å². The van der Waals surface area contributed by atoms with Gasteiger partial charge in [0, 0.05) is 37.2 Å². The van der Waals surface area contributed by atoms with Crippen LogP contribution in [0, 0.1) is 12.8 Å². The number of pyridine rings is 1. The Kier molecular flexibility index (Phi) is 3.69. The maximum atomic E-state index is 5.47. The maximum absolute atomic E-state index is 5.47. The highest BCUT2D eigenvalue weighted by Gasteiger charge is 2.23. The molecule has 0 aliphatic carbocycles. The number of rotatable bonds is 4. The number of ether oxygens (including phenoxy) is 1. The average molecular weight is 272 g/mol. The van der Waals surface area contributed by atoms with E-state index in [2.05, 4.69) is 28.3 Å². The summed E-state index contributed by atoms with van der Waals surface area (Å²) in [6.45, 7) is 5.90. The van der Waals surface area contributed by atoms with Gasteiger partial charge in [-0.05, 0) is 32.4 Å².